The van der Waals surface area contributed by atoms with Gasteiger partial charge < -0.3 is 0 Å². The van der Waals surface area contributed by atoms with Gasteiger partial charge in [-0.15, -0.1) is 0 Å². The number of hydrogen-bond donors (Lipinski definition) is 0. The molecule has 3 rings (SSSR count). The Labute approximate surface area is 123 Å². The van der Waals surface area contributed by atoms with E-state index in [-0.39, 0.29) is 5.56 Å². The molecule has 0 bridgehead atoms. The lowest BCUT2D eigenvalue weighted by Gasteiger charge is -2.05. The number of aromatic nitrogens is 1. The summed E-state index contributed by atoms with van der Waals surface area (Å²) in [5.74, 6) is 0. The Morgan fingerprint density at radius 2 is 1.33 bits per heavy atom. The number of hydrogen-bond acceptors (Lipinski definition) is 1. The minimum Gasteiger partial charge on any atom is -0.284 e. The predicted molar refractivity (Wildman–Crippen MR) is 87.4 cm³/mol. The molecule has 102 valence electrons. The van der Waals surface area contributed by atoms with Gasteiger partial charge in [0.15, 0.2) is 0 Å². The van der Waals surface area contributed by atoms with Crippen molar-refractivity contribution in [2.24, 2.45) is 0 Å². The van der Waals surface area contributed by atoms with E-state index in [0.29, 0.717) is 0 Å². The first-order valence-corrected chi connectivity index (χ1v) is 6.84. The molecule has 2 aromatic carbocycles. The monoisotopic (exact) mass is 273 g/mol. The van der Waals surface area contributed by atoms with Crippen LogP contribution in [0.1, 0.15) is 11.1 Å². The minimum atomic E-state index is -0.0311. The first-order chi connectivity index (χ1) is 10.3. The van der Waals surface area contributed by atoms with E-state index in [4.69, 9.17) is 0 Å². The van der Waals surface area contributed by atoms with E-state index in [2.05, 4.69) is 0 Å². The van der Waals surface area contributed by atoms with Gasteiger partial charge in [-0.05, 0) is 29.3 Å². The second kappa shape index (κ2) is 6.06. The Morgan fingerprint density at radius 1 is 0.714 bits per heavy atom. The third kappa shape index (κ3) is 3.18. The van der Waals surface area contributed by atoms with Crippen LogP contribution in [0.25, 0.3) is 17.8 Å². The summed E-state index contributed by atoms with van der Waals surface area (Å²) in [5, 5.41) is 0. The van der Waals surface area contributed by atoms with Crippen LogP contribution in [0.5, 0.6) is 0 Å². The number of pyridine rings is 1. The fraction of sp³-hybridized carbons (Fsp3) is 0. The SMILES string of the molecule is O=c1cc(C=Cc2ccccc2)ccn1-c1ccccc1. The number of para-hydroxylation sites is 1. The maximum atomic E-state index is 12.2. The molecule has 0 amide bonds. The number of benzene rings is 2. The predicted octanol–water partition coefficient (Wildman–Crippen LogP) is 4.01. The Kier molecular flexibility index (Phi) is 3.79. The minimum absolute atomic E-state index is 0.0311. The topological polar surface area (TPSA) is 22.0 Å². The van der Waals surface area contributed by atoms with Crippen LogP contribution in [0.4, 0.5) is 0 Å². The van der Waals surface area contributed by atoms with Crippen LogP contribution >= 0.6 is 0 Å². The lowest BCUT2D eigenvalue weighted by Crippen LogP contribution is -2.16. The summed E-state index contributed by atoms with van der Waals surface area (Å²) >= 11 is 0. The molecule has 0 saturated carbocycles. The second-order valence-corrected chi connectivity index (χ2v) is 4.75. The van der Waals surface area contributed by atoms with Gasteiger partial charge in [0.2, 0.25) is 0 Å². The summed E-state index contributed by atoms with van der Waals surface area (Å²) in [4.78, 5) is 12.2. The summed E-state index contributed by atoms with van der Waals surface area (Å²) in [5.41, 5.74) is 2.86. The van der Waals surface area contributed by atoms with Crippen LogP contribution in [0.2, 0.25) is 0 Å². The average Bonchev–Trinajstić information content (AvgIpc) is 2.55. The number of rotatable bonds is 3. The van der Waals surface area contributed by atoms with Gasteiger partial charge in [-0.2, -0.15) is 0 Å². The normalized spacial score (nSPS) is 10.9. The lowest BCUT2D eigenvalue weighted by molar-refractivity contribution is 0.989. The molecule has 0 aliphatic heterocycles. The molecule has 0 aliphatic rings. The van der Waals surface area contributed by atoms with Gasteiger partial charge in [-0.3, -0.25) is 9.36 Å². The Hall–Kier alpha value is -2.87. The third-order valence-electron chi connectivity index (χ3n) is 3.25. The highest BCUT2D eigenvalue weighted by Gasteiger charge is 1.98. The molecule has 0 atom stereocenters. The highest BCUT2D eigenvalue weighted by molar-refractivity contribution is 5.69. The summed E-state index contributed by atoms with van der Waals surface area (Å²) in [6, 6.07) is 23.2. The standard InChI is InChI=1S/C19H15NO/c21-19-15-17(12-11-16-7-3-1-4-8-16)13-14-20(19)18-9-5-2-6-10-18/h1-15H. The molecular weight excluding hydrogens is 258 g/mol. The molecule has 0 radical (unpaired) electrons. The van der Waals surface area contributed by atoms with E-state index in [1.165, 1.54) is 0 Å². The van der Waals surface area contributed by atoms with Gasteiger partial charge >= 0.3 is 0 Å². The number of nitrogens with zero attached hydrogens (tertiary/aromatic N) is 1. The summed E-state index contributed by atoms with van der Waals surface area (Å²) in [7, 11) is 0. The zero-order valence-electron chi connectivity index (χ0n) is 11.5. The van der Waals surface area contributed by atoms with Crippen LogP contribution in [0.15, 0.2) is 83.8 Å². The van der Waals surface area contributed by atoms with Crippen molar-refractivity contribution < 1.29 is 0 Å². The van der Waals surface area contributed by atoms with Crippen LogP contribution in [-0.2, 0) is 0 Å². The molecule has 2 heteroatoms. The van der Waals surface area contributed by atoms with Crippen molar-refractivity contribution in [1.29, 1.82) is 0 Å². The molecule has 0 spiro atoms. The van der Waals surface area contributed by atoms with Gasteiger partial charge in [0.05, 0.1) is 0 Å². The van der Waals surface area contributed by atoms with E-state index < -0.39 is 0 Å². The third-order valence-corrected chi connectivity index (χ3v) is 3.25. The smallest absolute Gasteiger partial charge is 0.255 e. The maximum absolute atomic E-state index is 12.2. The van der Waals surface area contributed by atoms with Crippen LogP contribution in [-0.4, -0.2) is 4.57 Å². The zero-order valence-corrected chi connectivity index (χ0v) is 11.5. The average molecular weight is 273 g/mol. The molecule has 0 unspecified atom stereocenters. The highest BCUT2D eigenvalue weighted by atomic mass is 16.1. The first kappa shape index (κ1) is 13.1. The van der Waals surface area contributed by atoms with Crippen molar-refractivity contribution in [1.82, 2.24) is 4.57 Å². The molecule has 3 aromatic rings. The molecule has 0 saturated heterocycles. The van der Waals surface area contributed by atoms with Crippen LogP contribution in [0, 0.1) is 0 Å². The van der Waals surface area contributed by atoms with E-state index in [1.807, 2.05) is 85.1 Å². The fourth-order valence-corrected chi connectivity index (χ4v) is 2.16. The molecule has 0 N–H and O–H groups in total. The Balaban J connectivity index is 1.89. The van der Waals surface area contributed by atoms with Crippen molar-refractivity contribution in [2.45, 2.75) is 0 Å². The summed E-state index contributed by atoms with van der Waals surface area (Å²) in [6.07, 6.45) is 5.76. The van der Waals surface area contributed by atoms with Crippen molar-refractivity contribution in [3.05, 3.63) is 100 Å². The van der Waals surface area contributed by atoms with Crippen molar-refractivity contribution >= 4 is 12.2 Å². The van der Waals surface area contributed by atoms with Gasteiger partial charge in [-0.25, -0.2) is 0 Å². The highest BCUT2D eigenvalue weighted by Crippen LogP contribution is 2.08. The quantitative estimate of drug-likeness (QED) is 0.706. The molecule has 0 aliphatic carbocycles. The maximum Gasteiger partial charge on any atom is 0.255 e. The van der Waals surface area contributed by atoms with E-state index in [0.717, 1.165) is 16.8 Å². The molecule has 0 fully saturated rings. The summed E-state index contributed by atoms with van der Waals surface area (Å²) in [6.45, 7) is 0. The van der Waals surface area contributed by atoms with Crippen molar-refractivity contribution in [3.63, 3.8) is 0 Å². The van der Waals surface area contributed by atoms with Gasteiger partial charge in [0.1, 0.15) is 0 Å². The van der Waals surface area contributed by atoms with Crippen molar-refractivity contribution in [2.75, 3.05) is 0 Å². The Bertz CT molecular complexity index is 802. The molecule has 2 nitrogen and oxygen atoms in total. The van der Waals surface area contributed by atoms with Gasteiger partial charge in [0.25, 0.3) is 5.56 Å². The lowest BCUT2D eigenvalue weighted by atomic mass is 10.1. The van der Waals surface area contributed by atoms with Crippen LogP contribution < -0.4 is 5.56 Å². The van der Waals surface area contributed by atoms with Gasteiger partial charge in [-0.1, -0.05) is 60.7 Å². The molecular formula is C19H15NO. The molecule has 1 heterocycles. The fourth-order valence-electron chi connectivity index (χ4n) is 2.16. The Morgan fingerprint density at radius 3 is 2.00 bits per heavy atom. The van der Waals surface area contributed by atoms with Gasteiger partial charge in [0, 0.05) is 18.0 Å². The van der Waals surface area contributed by atoms with E-state index >= 15 is 0 Å². The van der Waals surface area contributed by atoms with Crippen molar-refractivity contribution in [3.8, 4) is 5.69 Å². The largest absolute Gasteiger partial charge is 0.284 e. The zero-order chi connectivity index (χ0) is 14.5. The van der Waals surface area contributed by atoms with E-state index in [1.54, 1.807) is 10.6 Å². The first-order valence-electron chi connectivity index (χ1n) is 6.84. The molecule has 21 heavy (non-hydrogen) atoms. The van der Waals surface area contributed by atoms with Crippen LogP contribution in [0.3, 0.4) is 0 Å². The summed E-state index contributed by atoms with van der Waals surface area (Å²) < 4.78 is 1.64. The molecule has 1 aromatic heterocycles. The second-order valence-electron chi connectivity index (χ2n) is 4.75. The van der Waals surface area contributed by atoms with E-state index in [9.17, 15) is 4.79 Å².